The maximum Gasteiger partial charge on any atom is 0.288 e. The minimum atomic E-state index is -0.621. The molecular weight excluding hydrogens is 301 g/mol. The van der Waals surface area contributed by atoms with E-state index in [0.29, 0.717) is 0 Å². The van der Waals surface area contributed by atoms with Crippen LogP contribution in [-0.4, -0.2) is 17.3 Å². The van der Waals surface area contributed by atoms with Gasteiger partial charge in [-0.3, -0.25) is 14.9 Å². The number of ether oxygens (including phenoxy) is 1. The highest BCUT2D eigenvalue weighted by Crippen LogP contribution is 2.28. The van der Waals surface area contributed by atoms with E-state index in [0.717, 1.165) is 6.07 Å². The van der Waals surface area contributed by atoms with Crippen LogP contribution < -0.4 is 4.74 Å². The molecule has 0 aliphatic heterocycles. The molecule has 0 saturated carbocycles. The fourth-order valence-corrected chi connectivity index (χ4v) is 1.86. The zero-order valence-corrected chi connectivity index (χ0v) is 11.3. The Morgan fingerprint density at radius 1 is 1.29 bits per heavy atom. The van der Waals surface area contributed by atoms with Crippen molar-refractivity contribution in [1.29, 1.82) is 0 Å². The van der Waals surface area contributed by atoms with Gasteiger partial charge in [-0.15, -0.1) is 0 Å². The van der Waals surface area contributed by atoms with Gasteiger partial charge in [0.1, 0.15) is 16.6 Å². The molecule has 0 heterocycles. The van der Waals surface area contributed by atoms with E-state index in [-0.39, 0.29) is 28.6 Å². The van der Waals surface area contributed by atoms with Crippen molar-refractivity contribution in [3.8, 4) is 5.75 Å². The first-order valence-electron chi connectivity index (χ1n) is 5.83. The molecule has 2 rings (SSSR count). The Balaban J connectivity index is 2.05. The summed E-state index contributed by atoms with van der Waals surface area (Å²) in [7, 11) is 0. The Morgan fingerprint density at radius 2 is 2.05 bits per heavy atom. The number of benzene rings is 2. The summed E-state index contributed by atoms with van der Waals surface area (Å²) in [6.45, 7) is -0.322. The second-order valence-electron chi connectivity index (χ2n) is 4.09. The second-order valence-corrected chi connectivity index (χ2v) is 4.50. The molecule has 21 heavy (non-hydrogen) atoms. The number of halogens is 2. The molecule has 5 nitrogen and oxygen atoms in total. The maximum absolute atomic E-state index is 13.0. The van der Waals surface area contributed by atoms with Crippen LogP contribution >= 0.6 is 11.6 Å². The Morgan fingerprint density at radius 3 is 2.67 bits per heavy atom. The number of ketones is 1. The van der Waals surface area contributed by atoms with Crippen LogP contribution in [0, 0.1) is 15.9 Å². The van der Waals surface area contributed by atoms with Crippen LogP contribution in [0.2, 0.25) is 5.02 Å². The van der Waals surface area contributed by atoms with Crippen LogP contribution in [-0.2, 0) is 0 Å². The summed E-state index contributed by atoms with van der Waals surface area (Å²) in [5, 5.41) is 10.5. The van der Waals surface area contributed by atoms with Gasteiger partial charge in [0.05, 0.1) is 4.92 Å². The smallest absolute Gasteiger partial charge is 0.288 e. The van der Waals surface area contributed by atoms with E-state index in [9.17, 15) is 19.3 Å². The van der Waals surface area contributed by atoms with Crippen molar-refractivity contribution in [2.24, 2.45) is 0 Å². The summed E-state index contributed by atoms with van der Waals surface area (Å²) in [4.78, 5) is 21.8. The van der Waals surface area contributed by atoms with Gasteiger partial charge in [0.15, 0.2) is 12.4 Å². The van der Waals surface area contributed by atoms with Crippen LogP contribution in [0.3, 0.4) is 0 Å². The number of carbonyl (C=O) groups excluding carboxylic acids is 1. The molecule has 7 heteroatoms. The molecule has 0 saturated heterocycles. The van der Waals surface area contributed by atoms with Gasteiger partial charge < -0.3 is 4.74 Å². The van der Waals surface area contributed by atoms with E-state index < -0.39 is 16.5 Å². The summed E-state index contributed by atoms with van der Waals surface area (Å²) < 4.78 is 18.2. The zero-order chi connectivity index (χ0) is 15.4. The molecule has 0 aliphatic rings. The third-order valence-corrected chi connectivity index (χ3v) is 2.94. The third kappa shape index (κ3) is 3.76. The molecule has 0 amide bonds. The normalized spacial score (nSPS) is 10.2. The topological polar surface area (TPSA) is 69.4 Å². The molecule has 0 aliphatic carbocycles. The van der Waals surface area contributed by atoms with Crippen molar-refractivity contribution in [1.82, 2.24) is 0 Å². The van der Waals surface area contributed by atoms with Gasteiger partial charge >= 0.3 is 0 Å². The minimum Gasteiger partial charge on any atom is -0.485 e. The number of hydrogen-bond acceptors (Lipinski definition) is 4. The first kappa shape index (κ1) is 14.9. The Labute approximate surface area is 124 Å². The van der Waals surface area contributed by atoms with Crippen molar-refractivity contribution in [2.45, 2.75) is 0 Å². The number of Topliss-reactive ketones (excluding diaryl/α,β-unsaturated/α-hetero) is 1. The van der Waals surface area contributed by atoms with E-state index in [1.165, 1.54) is 36.4 Å². The molecule has 2 aromatic carbocycles. The maximum atomic E-state index is 13.0. The van der Waals surface area contributed by atoms with Gasteiger partial charge in [-0.2, -0.15) is 0 Å². The Kier molecular flexibility index (Phi) is 4.49. The zero-order valence-electron chi connectivity index (χ0n) is 10.6. The fraction of sp³-hybridized carbons (Fsp3) is 0.0714. The Bertz CT molecular complexity index is 705. The highest BCUT2D eigenvalue weighted by Gasteiger charge is 2.13. The molecule has 0 fully saturated rings. The van der Waals surface area contributed by atoms with Crippen molar-refractivity contribution < 1.29 is 18.8 Å². The van der Waals surface area contributed by atoms with Crippen LogP contribution in [0.25, 0.3) is 0 Å². The lowest BCUT2D eigenvalue weighted by Gasteiger charge is -2.06. The van der Waals surface area contributed by atoms with Gasteiger partial charge in [-0.1, -0.05) is 23.7 Å². The molecule has 0 N–H and O–H groups in total. The quantitative estimate of drug-likeness (QED) is 0.480. The predicted octanol–water partition coefficient (Wildman–Crippen LogP) is 3.65. The summed E-state index contributed by atoms with van der Waals surface area (Å²) >= 11 is 5.72. The van der Waals surface area contributed by atoms with E-state index in [1.807, 2.05) is 0 Å². The standard InChI is InChI=1S/C14H9ClFNO4/c15-12-7-11(4-5-13(12)17(19)20)21-8-14(18)9-2-1-3-10(16)6-9/h1-7H,8H2. The van der Waals surface area contributed by atoms with E-state index >= 15 is 0 Å². The first-order chi connectivity index (χ1) is 9.97. The molecular formula is C14H9ClFNO4. The highest BCUT2D eigenvalue weighted by molar-refractivity contribution is 6.32. The minimum absolute atomic E-state index is 0.0873. The van der Waals surface area contributed by atoms with Crippen LogP contribution in [0.4, 0.5) is 10.1 Å². The van der Waals surface area contributed by atoms with Gasteiger partial charge in [0.25, 0.3) is 5.69 Å². The average molecular weight is 310 g/mol. The lowest BCUT2D eigenvalue weighted by Crippen LogP contribution is -2.11. The fourth-order valence-electron chi connectivity index (χ4n) is 1.62. The number of rotatable bonds is 5. The molecule has 0 aromatic heterocycles. The van der Waals surface area contributed by atoms with Crippen molar-refractivity contribution in [3.63, 3.8) is 0 Å². The van der Waals surface area contributed by atoms with Crippen LogP contribution in [0.5, 0.6) is 5.75 Å². The Hall–Kier alpha value is -2.47. The summed E-state index contributed by atoms with van der Waals surface area (Å²) in [6, 6.07) is 9.00. The lowest BCUT2D eigenvalue weighted by atomic mass is 10.1. The summed E-state index contributed by atoms with van der Waals surface area (Å²) in [5.41, 5.74) is -0.0662. The van der Waals surface area contributed by atoms with E-state index in [1.54, 1.807) is 0 Å². The summed E-state index contributed by atoms with van der Waals surface area (Å²) in [6.07, 6.45) is 0. The lowest BCUT2D eigenvalue weighted by molar-refractivity contribution is -0.384. The van der Waals surface area contributed by atoms with Gasteiger partial charge in [-0.25, -0.2) is 4.39 Å². The third-order valence-electron chi connectivity index (χ3n) is 2.63. The SMILES string of the molecule is O=C(COc1ccc([N+](=O)[O-])c(Cl)c1)c1cccc(F)c1. The van der Waals surface area contributed by atoms with Gasteiger partial charge in [-0.05, 0) is 18.2 Å². The molecule has 0 spiro atoms. The van der Waals surface area contributed by atoms with Crippen molar-refractivity contribution in [3.05, 3.63) is 69.0 Å². The van der Waals surface area contributed by atoms with Gasteiger partial charge in [0.2, 0.25) is 0 Å². The van der Waals surface area contributed by atoms with Crippen LogP contribution in [0.1, 0.15) is 10.4 Å². The second kappa shape index (κ2) is 6.32. The predicted molar refractivity (Wildman–Crippen MR) is 74.3 cm³/mol. The van der Waals surface area contributed by atoms with Crippen molar-refractivity contribution in [2.75, 3.05) is 6.61 Å². The molecule has 0 unspecified atom stereocenters. The number of nitro benzene ring substituents is 1. The van der Waals surface area contributed by atoms with Crippen molar-refractivity contribution >= 4 is 23.1 Å². The summed E-state index contributed by atoms with van der Waals surface area (Å²) in [5.74, 6) is -0.710. The first-order valence-corrected chi connectivity index (χ1v) is 6.20. The number of hydrogen-bond donors (Lipinski definition) is 0. The van der Waals surface area contributed by atoms with E-state index in [2.05, 4.69) is 0 Å². The van der Waals surface area contributed by atoms with E-state index in [4.69, 9.17) is 16.3 Å². The number of nitro groups is 1. The highest BCUT2D eigenvalue weighted by atomic mass is 35.5. The number of nitrogens with zero attached hydrogens (tertiary/aromatic N) is 1. The molecule has 2 aromatic rings. The average Bonchev–Trinajstić information content (AvgIpc) is 2.44. The largest absolute Gasteiger partial charge is 0.485 e. The molecule has 108 valence electrons. The van der Waals surface area contributed by atoms with Gasteiger partial charge in [0, 0.05) is 17.7 Å². The molecule has 0 radical (unpaired) electrons. The number of carbonyl (C=O) groups is 1. The van der Waals surface area contributed by atoms with Crippen LogP contribution in [0.15, 0.2) is 42.5 Å². The molecule has 0 atom stereocenters. The monoisotopic (exact) mass is 309 g/mol. The molecule has 0 bridgehead atoms.